The Hall–Kier alpha value is -1.14. The SMILES string of the molecule is CC(C)(C)OC(=O)NC(CNCc1cccc(Br)n1)C1CC1. The minimum atomic E-state index is -0.466. The van der Waals surface area contributed by atoms with Crippen LogP contribution in [-0.2, 0) is 11.3 Å². The van der Waals surface area contributed by atoms with Gasteiger partial charge < -0.3 is 15.4 Å². The Morgan fingerprint density at radius 1 is 1.45 bits per heavy atom. The van der Waals surface area contributed by atoms with Gasteiger partial charge in [0, 0.05) is 19.1 Å². The lowest BCUT2D eigenvalue weighted by Gasteiger charge is -2.24. The van der Waals surface area contributed by atoms with Crippen molar-refractivity contribution in [2.75, 3.05) is 6.54 Å². The van der Waals surface area contributed by atoms with Crippen molar-refractivity contribution in [3.63, 3.8) is 0 Å². The van der Waals surface area contributed by atoms with Crippen molar-refractivity contribution in [2.45, 2.75) is 51.8 Å². The van der Waals surface area contributed by atoms with Crippen LogP contribution in [0.25, 0.3) is 0 Å². The van der Waals surface area contributed by atoms with Gasteiger partial charge in [-0.15, -0.1) is 0 Å². The summed E-state index contributed by atoms with van der Waals surface area (Å²) in [6.07, 6.45) is 1.99. The molecule has 2 N–H and O–H groups in total. The summed E-state index contributed by atoms with van der Waals surface area (Å²) in [6, 6.07) is 5.96. The van der Waals surface area contributed by atoms with Gasteiger partial charge in [0.05, 0.1) is 5.69 Å². The molecule has 1 aromatic rings. The molecule has 1 aliphatic rings. The van der Waals surface area contributed by atoms with Crippen LogP contribution in [0.15, 0.2) is 22.8 Å². The molecule has 1 atom stereocenters. The molecule has 0 radical (unpaired) electrons. The third-order valence-electron chi connectivity index (χ3n) is 3.34. The highest BCUT2D eigenvalue weighted by molar-refractivity contribution is 9.10. The first-order valence-electron chi connectivity index (χ1n) is 7.65. The molecule has 2 rings (SSSR count). The quantitative estimate of drug-likeness (QED) is 0.755. The third kappa shape index (κ3) is 6.32. The van der Waals surface area contributed by atoms with Crippen molar-refractivity contribution >= 4 is 22.0 Å². The van der Waals surface area contributed by atoms with Crippen LogP contribution in [0.4, 0.5) is 4.79 Å². The highest BCUT2D eigenvalue weighted by Gasteiger charge is 2.33. The van der Waals surface area contributed by atoms with Gasteiger partial charge >= 0.3 is 6.09 Å². The summed E-state index contributed by atoms with van der Waals surface area (Å²) in [4.78, 5) is 16.3. The molecule has 0 aliphatic heterocycles. The van der Waals surface area contributed by atoms with Crippen molar-refractivity contribution in [2.24, 2.45) is 5.92 Å². The summed E-state index contributed by atoms with van der Waals surface area (Å²) in [5.41, 5.74) is 0.507. The van der Waals surface area contributed by atoms with Gasteiger partial charge in [-0.3, -0.25) is 0 Å². The molecule has 1 heterocycles. The number of pyridine rings is 1. The zero-order valence-electron chi connectivity index (χ0n) is 13.4. The van der Waals surface area contributed by atoms with E-state index in [-0.39, 0.29) is 12.1 Å². The first-order chi connectivity index (χ1) is 10.3. The second-order valence-corrected chi connectivity index (χ2v) is 7.49. The van der Waals surface area contributed by atoms with E-state index in [4.69, 9.17) is 4.74 Å². The Kier molecular flexibility index (Phi) is 5.81. The minimum absolute atomic E-state index is 0.113. The lowest BCUT2D eigenvalue weighted by Crippen LogP contribution is -2.45. The Labute approximate surface area is 140 Å². The van der Waals surface area contributed by atoms with Crippen molar-refractivity contribution in [3.05, 3.63) is 28.5 Å². The molecule has 6 heteroatoms. The number of ether oxygens (including phenoxy) is 1. The van der Waals surface area contributed by atoms with Crippen molar-refractivity contribution in [1.82, 2.24) is 15.6 Å². The molecule has 0 aromatic carbocycles. The molecule has 1 fully saturated rings. The topological polar surface area (TPSA) is 63.2 Å². The predicted molar refractivity (Wildman–Crippen MR) is 89.5 cm³/mol. The number of aromatic nitrogens is 1. The average molecular weight is 370 g/mol. The standard InChI is InChI=1S/C16H24BrN3O2/c1-16(2,3)22-15(21)20-13(11-7-8-11)10-18-9-12-5-4-6-14(17)19-12/h4-6,11,13,18H,7-10H2,1-3H3,(H,20,21). The summed E-state index contributed by atoms with van der Waals surface area (Å²) in [7, 11) is 0. The van der Waals surface area contributed by atoms with Gasteiger partial charge in [-0.2, -0.15) is 0 Å². The normalized spacial score (nSPS) is 16.2. The number of nitrogens with one attached hydrogen (secondary N) is 2. The van der Waals surface area contributed by atoms with E-state index in [0.29, 0.717) is 12.5 Å². The summed E-state index contributed by atoms with van der Waals surface area (Å²) < 4.78 is 6.16. The predicted octanol–water partition coefficient (Wildman–Crippen LogP) is 3.24. The van der Waals surface area contributed by atoms with Gasteiger partial charge in [-0.05, 0) is 67.6 Å². The lowest BCUT2D eigenvalue weighted by molar-refractivity contribution is 0.0497. The number of hydrogen-bond donors (Lipinski definition) is 2. The summed E-state index contributed by atoms with van der Waals surface area (Å²) in [5.74, 6) is 0.551. The molecule has 0 saturated heterocycles. The number of rotatable bonds is 6. The van der Waals surface area contributed by atoms with Crippen LogP contribution in [0.2, 0.25) is 0 Å². The zero-order valence-corrected chi connectivity index (χ0v) is 14.9. The Morgan fingerprint density at radius 3 is 2.77 bits per heavy atom. The molecule has 22 heavy (non-hydrogen) atoms. The molecule has 0 spiro atoms. The van der Waals surface area contributed by atoms with E-state index in [9.17, 15) is 4.79 Å². The maximum atomic E-state index is 11.9. The van der Waals surface area contributed by atoms with Crippen LogP contribution in [-0.4, -0.2) is 29.3 Å². The van der Waals surface area contributed by atoms with Crippen LogP contribution in [0.1, 0.15) is 39.3 Å². The lowest BCUT2D eigenvalue weighted by atomic mass is 10.2. The summed E-state index contributed by atoms with van der Waals surface area (Å²) in [5, 5.41) is 6.34. The number of hydrogen-bond acceptors (Lipinski definition) is 4. The molecular weight excluding hydrogens is 346 g/mol. The molecule has 5 nitrogen and oxygen atoms in total. The molecule has 0 bridgehead atoms. The largest absolute Gasteiger partial charge is 0.444 e. The molecule has 1 amide bonds. The Balaban J connectivity index is 1.78. The van der Waals surface area contributed by atoms with E-state index < -0.39 is 5.60 Å². The zero-order chi connectivity index (χ0) is 16.2. The summed E-state index contributed by atoms with van der Waals surface area (Å²) in [6.45, 7) is 7.01. The molecule has 1 saturated carbocycles. The molecule has 1 aromatic heterocycles. The fourth-order valence-electron chi connectivity index (χ4n) is 2.20. The second kappa shape index (κ2) is 7.42. The first kappa shape index (κ1) is 17.2. The Morgan fingerprint density at radius 2 is 2.18 bits per heavy atom. The molecule has 1 unspecified atom stereocenters. The van der Waals surface area contributed by atoms with Crippen LogP contribution in [0.5, 0.6) is 0 Å². The fourth-order valence-corrected chi connectivity index (χ4v) is 2.58. The van der Waals surface area contributed by atoms with Crippen molar-refractivity contribution in [1.29, 1.82) is 0 Å². The maximum absolute atomic E-state index is 11.9. The van der Waals surface area contributed by atoms with Gasteiger partial charge in [-0.1, -0.05) is 6.07 Å². The van der Waals surface area contributed by atoms with E-state index in [0.717, 1.165) is 29.7 Å². The van der Waals surface area contributed by atoms with Gasteiger partial charge in [-0.25, -0.2) is 9.78 Å². The van der Waals surface area contributed by atoms with Crippen LogP contribution in [0.3, 0.4) is 0 Å². The summed E-state index contributed by atoms with van der Waals surface area (Å²) >= 11 is 3.36. The molecule has 122 valence electrons. The van der Waals surface area contributed by atoms with E-state index in [2.05, 4.69) is 31.5 Å². The number of carbonyl (C=O) groups is 1. The van der Waals surface area contributed by atoms with E-state index >= 15 is 0 Å². The number of carbonyl (C=O) groups excluding carboxylic acids is 1. The molecular formula is C16H24BrN3O2. The van der Waals surface area contributed by atoms with Crippen molar-refractivity contribution in [3.8, 4) is 0 Å². The second-order valence-electron chi connectivity index (χ2n) is 6.67. The van der Waals surface area contributed by atoms with Crippen LogP contribution in [0, 0.1) is 5.92 Å². The van der Waals surface area contributed by atoms with Gasteiger partial charge in [0.2, 0.25) is 0 Å². The molecule has 1 aliphatic carbocycles. The van der Waals surface area contributed by atoms with Crippen LogP contribution >= 0.6 is 15.9 Å². The Bertz CT molecular complexity index is 512. The van der Waals surface area contributed by atoms with E-state index in [1.165, 1.54) is 0 Å². The monoisotopic (exact) mass is 369 g/mol. The van der Waals surface area contributed by atoms with E-state index in [1.54, 1.807) is 0 Å². The number of halogens is 1. The van der Waals surface area contributed by atoms with Crippen molar-refractivity contribution < 1.29 is 9.53 Å². The van der Waals surface area contributed by atoms with Gasteiger partial charge in [0.1, 0.15) is 10.2 Å². The average Bonchev–Trinajstić information content (AvgIpc) is 3.19. The minimum Gasteiger partial charge on any atom is -0.444 e. The number of nitrogens with zero attached hydrogens (tertiary/aromatic N) is 1. The highest BCUT2D eigenvalue weighted by atomic mass is 79.9. The van der Waals surface area contributed by atoms with Crippen LogP contribution < -0.4 is 10.6 Å². The third-order valence-corrected chi connectivity index (χ3v) is 3.78. The van der Waals surface area contributed by atoms with Gasteiger partial charge in [0.25, 0.3) is 0 Å². The number of amides is 1. The fraction of sp³-hybridized carbons (Fsp3) is 0.625. The smallest absolute Gasteiger partial charge is 0.407 e. The van der Waals surface area contributed by atoms with E-state index in [1.807, 2.05) is 39.0 Å². The number of alkyl carbamates (subject to hydrolysis) is 1. The first-order valence-corrected chi connectivity index (χ1v) is 8.44. The van der Waals surface area contributed by atoms with Gasteiger partial charge in [0.15, 0.2) is 0 Å². The maximum Gasteiger partial charge on any atom is 0.407 e. The highest BCUT2D eigenvalue weighted by Crippen LogP contribution is 2.32.